The lowest BCUT2D eigenvalue weighted by atomic mass is 9.86. The fourth-order valence-corrected chi connectivity index (χ4v) is 3.26. The Kier molecular flexibility index (Phi) is 8.30. The van der Waals surface area contributed by atoms with E-state index in [1.54, 1.807) is 24.3 Å². The third-order valence-corrected chi connectivity index (χ3v) is 4.87. The van der Waals surface area contributed by atoms with Crippen LogP contribution in [0, 0.1) is 5.92 Å². The zero-order chi connectivity index (χ0) is 19.6. The molecule has 0 radical (unpaired) electrons. The van der Waals surface area contributed by atoms with E-state index >= 15 is 0 Å². The third kappa shape index (κ3) is 7.04. The highest BCUT2D eigenvalue weighted by molar-refractivity contribution is 5.97. The molecule has 0 aliphatic heterocycles. The van der Waals surface area contributed by atoms with Gasteiger partial charge in [0, 0.05) is 18.0 Å². The summed E-state index contributed by atoms with van der Waals surface area (Å²) in [6, 6.07) is 6.97. The van der Waals surface area contributed by atoms with Gasteiger partial charge >= 0.3 is 5.97 Å². The predicted molar refractivity (Wildman–Crippen MR) is 102 cm³/mol. The van der Waals surface area contributed by atoms with Crippen molar-refractivity contribution < 1.29 is 23.9 Å². The van der Waals surface area contributed by atoms with Crippen molar-refractivity contribution in [3.8, 4) is 5.75 Å². The van der Waals surface area contributed by atoms with Gasteiger partial charge in [-0.1, -0.05) is 19.8 Å². The maximum atomic E-state index is 12.1. The molecule has 1 N–H and O–H groups in total. The Morgan fingerprint density at radius 3 is 2.44 bits per heavy atom. The number of rotatable bonds is 9. The minimum atomic E-state index is -0.541. The van der Waals surface area contributed by atoms with E-state index in [1.165, 1.54) is 6.42 Å². The van der Waals surface area contributed by atoms with Crippen LogP contribution in [-0.2, 0) is 14.3 Å². The maximum absolute atomic E-state index is 12.1. The zero-order valence-corrected chi connectivity index (χ0v) is 16.2. The van der Waals surface area contributed by atoms with E-state index in [9.17, 15) is 14.4 Å². The monoisotopic (exact) mass is 375 g/mol. The molecule has 148 valence electrons. The number of carbonyl (C=O) groups excluding carboxylic acids is 3. The van der Waals surface area contributed by atoms with E-state index in [-0.39, 0.29) is 37.2 Å². The summed E-state index contributed by atoms with van der Waals surface area (Å²) in [7, 11) is 0. The van der Waals surface area contributed by atoms with E-state index in [1.807, 2.05) is 6.92 Å². The number of carbonyl (C=O) groups is 3. The molecule has 6 heteroatoms. The van der Waals surface area contributed by atoms with Gasteiger partial charge in [-0.25, -0.2) is 0 Å². The van der Waals surface area contributed by atoms with Gasteiger partial charge in [0.1, 0.15) is 5.75 Å². The molecule has 0 unspecified atom stereocenters. The summed E-state index contributed by atoms with van der Waals surface area (Å²) in [6.45, 7) is 4.29. The van der Waals surface area contributed by atoms with Gasteiger partial charge in [-0.15, -0.1) is 0 Å². The number of benzene rings is 1. The predicted octanol–water partition coefficient (Wildman–Crippen LogP) is 3.29. The molecule has 0 heterocycles. The van der Waals surface area contributed by atoms with Crippen LogP contribution < -0.4 is 10.1 Å². The molecule has 0 aromatic heterocycles. The molecule has 2 atom stereocenters. The molecule has 1 saturated carbocycles. The van der Waals surface area contributed by atoms with Gasteiger partial charge in [0.25, 0.3) is 5.91 Å². The first kappa shape index (κ1) is 20.9. The van der Waals surface area contributed by atoms with Crippen molar-refractivity contribution >= 4 is 17.7 Å². The summed E-state index contributed by atoms with van der Waals surface area (Å²) in [5, 5.41) is 2.94. The molecule has 27 heavy (non-hydrogen) atoms. The molecule has 1 aromatic carbocycles. The second-order valence-electron chi connectivity index (χ2n) is 6.98. The van der Waals surface area contributed by atoms with Crippen molar-refractivity contribution in [3.63, 3.8) is 0 Å². The molecular weight excluding hydrogens is 346 g/mol. The van der Waals surface area contributed by atoms with Crippen LogP contribution in [0.3, 0.4) is 0 Å². The van der Waals surface area contributed by atoms with Crippen LogP contribution in [0.15, 0.2) is 24.3 Å². The largest absolute Gasteiger partial charge is 0.494 e. The van der Waals surface area contributed by atoms with Crippen LogP contribution in [0.1, 0.15) is 62.7 Å². The van der Waals surface area contributed by atoms with Gasteiger partial charge in [-0.05, 0) is 49.9 Å². The summed E-state index contributed by atoms with van der Waals surface area (Å²) < 4.78 is 10.3. The molecule has 1 aromatic rings. The molecule has 6 nitrogen and oxygen atoms in total. The molecule has 1 aliphatic rings. The molecular formula is C21H29NO5. The Morgan fingerprint density at radius 2 is 1.78 bits per heavy atom. The van der Waals surface area contributed by atoms with Crippen molar-refractivity contribution in [2.45, 2.75) is 58.4 Å². The molecule has 0 spiro atoms. The Hall–Kier alpha value is -2.37. The van der Waals surface area contributed by atoms with Crippen molar-refractivity contribution in [2.24, 2.45) is 5.92 Å². The Balaban J connectivity index is 1.67. The maximum Gasteiger partial charge on any atom is 0.306 e. The first-order valence-electron chi connectivity index (χ1n) is 9.70. The van der Waals surface area contributed by atoms with Crippen molar-refractivity contribution in [1.29, 1.82) is 0 Å². The number of ketones is 1. The van der Waals surface area contributed by atoms with Gasteiger partial charge in [0.2, 0.25) is 0 Å². The summed E-state index contributed by atoms with van der Waals surface area (Å²) in [5.74, 6) is 0.188. The second kappa shape index (κ2) is 10.7. The first-order chi connectivity index (χ1) is 13.0. The molecule has 0 saturated heterocycles. The van der Waals surface area contributed by atoms with Crippen LogP contribution in [0.2, 0.25) is 0 Å². The van der Waals surface area contributed by atoms with Gasteiger partial charge in [-0.2, -0.15) is 0 Å². The minimum absolute atomic E-state index is 0.0425. The number of nitrogens with one attached hydrogen (secondary N) is 1. The van der Waals surface area contributed by atoms with Crippen LogP contribution in [0.4, 0.5) is 0 Å². The van der Waals surface area contributed by atoms with Crippen LogP contribution in [0.5, 0.6) is 5.75 Å². The van der Waals surface area contributed by atoms with Gasteiger partial charge in [0.15, 0.2) is 12.4 Å². The van der Waals surface area contributed by atoms with Crippen molar-refractivity contribution in [2.75, 3.05) is 13.2 Å². The van der Waals surface area contributed by atoms with E-state index in [0.29, 0.717) is 23.8 Å². The number of Topliss-reactive ketones (excluding diaryl/α,β-unsaturated/α-hetero) is 1. The summed E-state index contributed by atoms with van der Waals surface area (Å²) in [6.07, 6.45) is 4.40. The normalized spacial score (nSPS) is 19.2. The minimum Gasteiger partial charge on any atom is -0.494 e. The summed E-state index contributed by atoms with van der Waals surface area (Å²) in [4.78, 5) is 35.9. The molecule has 1 amide bonds. The Morgan fingerprint density at radius 1 is 1.07 bits per heavy atom. The van der Waals surface area contributed by atoms with Crippen molar-refractivity contribution in [3.05, 3.63) is 29.8 Å². The second-order valence-corrected chi connectivity index (χ2v) is 6.98. The fourth-order valence-electron chi connectivity index (χ4n) is 3.26. The van der Waals surface area contributed by atoms with Crippen LogP contribution in [0.25, 0.3) is 0 Å². The zero-order valence-electron chi connectivity index (χ0n) is 16.2. The number of hydrogen-bond donors (Lipinski definition) is 1. The Labute approximate surface area is 160 Å². The summed E-state index contributed by atoms with van der Waals surface area (Å²) in [5.41, 5.74) is 0.523. The highest BCUT2D eigenvalue weighted by Crippen LogP contribution is 2.23. The number of ether oxygens (including phenoxy) is 2. The van der Waals surface area contributed by atoms with Gasteiger partial charge < -0.3 is 14.8 Å². The number of esters is 1. The van der Waals surface area contributed by atoms with Gasteiger partial charge in [0.05, 0.1) is 13.0 Å². The van der Waals surface area contributed by atoms with Crippen LogP contribution >= 0.6 is 0 Å². The first-order valence-corrected chi connectivity index (χ1v) is 9.70. The average Bonchev–Trinajstić information content (AvgIpc) is 2.67. The smallest absolute Gasteiger partial charge is 0.306 e. The molecule has 1 aliphatic carbocycles. The topological polar surface area (TPSA) is 81.7 Å². The molecule has 0 bridgehead atoms. The highest BCUT2D eigenvalue weighted by Gasteiger charge is 2.23. The third-order valence-electron chi connectivity index (χ3n) is 4.87. The quantitative estimate of drug-likeness (QED) is 0.529. The van der Waals surface area contributed by atoms with E-state index in [2.05, 4.69) is 12.2 Å². The molecule has 1 fully saturated rings. The number of amides is 1. The highest BCUT2D eigenvalue weighted by atomic mass is 16.5. The van der Waals surface area contributed by atoms with Gasteiger partial charge in [-0.3, -0.25) is 14.4 Å². The number of hydrogen-bond acceptors (Lipinski definition) is 5. The van der Waals surface area contributed by atoms with E-state index in [4.69, 9.17) is 9.47 Å². The van der Waals surface area contributed by atoms with Crippen molar-refractivity contribution in [1.82, 2.24) is 5.32 Å². The average molecular weight is 375 g/mol. The van der Waals surface area contributed by atoms with Crippen LogP contribution in [-0.4, -0.2) is 36.9 Å². The lowest BCUT2D eigenvalue weighted by molar-refractivity contribution is -0.148. The molecule has 2 rings (SSSR count). The Bertz CT molecular complexity index is 640. The lowest BCUT2D eigenvalue weighted by Gasteiger charge is -2.29. The lowest BCUT2D eigenvalue weighted by Crippen LogP contribution is -2.42. The summed E-state index contributed by atoms with van der Waals surface area (Å²) >= 11 is 0. The SMILES string of the molecule is CCOc1ccc(C(=O)CCC(=O)OCC(=O)N[C@@H]2CCCC[C@@H]2C)cc1. The van der Waals surface area contributed by atoms with E-state index < -0.39 is 5.97 Å². The standard InChI is InChI=1S/C21H29NO5/c1-3-26-17-10-8-16(9-11-17)19(23)12-13-21(25)27-14-20(24)22-18-7-5-4-6-15(18)2/h8-11,15,18H,3-7,12-14H2,1-2H3,(H,22,24)/t15-,18+/m0/s1. The fraction of sp³-hybridized carbons (Fsp3) is 0.571. The van der Waals surface area contributed by atoms with E-state index in [0.717, 1.165) is 19.3 Å².